The number of hydrogen-bond acceptors (Lipinski definition) is 3. The van der Waals surface area contributed by atoms with Crippen LogP contribution in [-0.2, 0) is 9.53 Å². The average Bonchev–Trinajstić information content (AvgIpc) is 2.39. The fraction of sp³-hybridized carbons (Fsp3) is 0.846. The van der Waals surface area contributed by atoms with Gasteiger partial charge in [0.2, 0.25) is 5.91 Å². The summed E-state index contributed by atoms with van der Waals surface area (Å²) < 4.78 is 5.34. The second kappa shape index (κ2) is 5.05. The van der Waals surface area contributed by atoms with Crippen molar-refractivity contribution in [2.75, 3.05) is 19.8 Å². The molecule has 0 aromatic carbocycles. The standard InChI is InChI=1S/C13H20N2O2/c1-11-9-17-8-7-15(11)12(16)13(10-14)5-3-2-4-6-13/h11H,2-9H2,1H3/t11-/m1/s1. The molecule has 4 nitrogen and oxygen atoms in total. The van der Waals surface area contributed by atoms with E-state index in [-0.39, 0.29) is 11.9 Å². The van der Waals surface area contributed by atoms with Crippen LogP contribution in [-0.4, -0.2) is 36.6 Å². The lowest BCUT2D eigenvalue weighted by Gasteiger charge is -2.40. The third-order valence-corrected chi connectivity index (χ3v) is 3.96. The Kier molecular flexibility index (Phi) is 3.68. The van der Waals surface area contributed by atoms with E-state index in [0.717, 1.165) is 32.1 Å². The molecule has 0 aromatic rings. The number of rotatable bonds is 1. The van der Waals surface area contributed by atoms with Gasteiger partial charge in [0.1, 0.15) is 5.41 Å². The maximum absolute atomic E-state index is 12.6. The van der Waals surface area contributed by atoms with Crippen molar-refractivity contribution in [2.45, 2.75) is 45.1 Å². The summed E-state index contributed by atoms with van der Waals surface area (Å²) in [5, 5.41) is 9.40. The summed E-state index contributed by atoms with van der Waals surface area (Å²) in [5.74, 6) is 0.0375. The van der Waals surface area contributed by atoms with E-state index >= 15 is 0 Å². The second-order valence-electron chi connectivity index (χ2n) is 5.18. The Hall–Kier alpha value is -1.08. The molecule has 1 saturated heterocycles. The Balaban J connectivity index is 2.13. The minimum atomic E-state index is -0.746. The predicted octanol–water partition coefficient (Wildman–Crippen LogP) is 1.71. The average molecular weight is 236 g/mol. The molecule has 1 aliphatic carbocycles. The summed E-state index contributed by atoms with van der Waals surface area (Å²) in [4.78, 5) is 14.4. The lowest BCUT2D eigenvalue weighted by molar-refractivity contribution is -0.148. The van der Waals surface area contributed by atoms with Gasteiger partial charge in [0.05, 0.1) is 25.3 Å². The van der Waals surface area contributed by atoms with Gasteiger partial charge in [-0.1, -0.05) is 19.3 Å². The van der Waals surface area contributed by atoms with Gasteiger partial charge in [-0.25, -0.2) is 0 Å². The molecule has 1 saturated carbocycles. The van der Waals surface area contributed by atoms with Crippen LogP contribution >= 0.6 is 0 Å². The number of ether oxygens (including phenoxy) is 1. The molecule has 94 valence electrons. The summed E-state index contributed by atoms with van der Waals surface area (Å²) >= 11 is 0. The molecule has 17 heavy (non-hydrogen) atoms. The fourth-order valence-electron chi connectivity index (χ4n) is 2.83. The van der Waals surface area contributed by atoms with Crippen LogP contribution < -0.4 is 0 Å². The topological polar surface area (TPSA) is 53.3 Å². The Morgan fingerprint density at radius 3 is 2.71 bits per heavy atom. The Morgan fingerprint density at radius 2 is 2.12 bits per heavy atom. The molecule has 0 bridgehead atoms. The first kappa shape index (κ1) is 12.4. The molecule has 0 aromatic heterocycles. The van der Waals surface area contributed by atoms with Crippen LogP contribution in [0.4, 0.5) is 0 Å². The maximum Gasteiger partial charge on any atom is 0.243 e. The highest BCUT2D eigenvalue weighted by molar-refractivity contribution is 5.86. The van der Waals surface area contributed by atoms with Crippen molar-refractivity contribution in [3.05, 3.63) is 0 Å². The first-order chi connectivity index (χ1) is 8.19. The molecule has 0 radical (unpaired) electrons. The van der Waals surface area contributed by atoms with Crippen LogP contribution in [0.1, 0.15) is 39.0 Å². The number of morpholine rings is 1. The fourth-order valence-corrected chi connectivity index (χ4v) is 2.83. The van der Waals surface area contributed by atoms with Crippen LogP contribution in [0.25, 0.3) is 0 Å². The van der Waals surface area contributed by atoms with Gasteiger partial charge < -0.3 is 9.64 Å². The first-order valence-corrected chi connectivity index (χ1v) is 6.50. The lowest BCUT2D eigenvalue weighted by atomic mass is 9.74. The Bertz CT molecular complexity index is 329. The molecular formula is C13H20N2O2. The molecule has 0 unspecified atom stereocenters. The van der Waals surface area contributed by atoms with E-state index in [0.29, 0.717) is 19.8 Å². The van der Waals surface area contributed by atoms with Gasteiger partial charge >= 0.3 is 0 Å². The highest BCUT2D eigenvalue weighted by Crippen LogP contribution is 2.38. The molecule has 0 spiro atoms. The van der Waals surface area contributed by atoms with Crippen LogP contribution in [0, 0.1) is 16.7 Å². The van der Waals surface area contributed by atoms with Crippen molar-refractivity contribution in [2.24, 2.45) is 5.41 Å². The summed E-state index contributed by atoms with van der Waals surface area (Å²) in [6.07, 6.45) is 4.60. The third kappa shape index (κ3) is 2.30. The molecule has 2 aliphatic rings. The van der Waals surface area contributed by atoms with Crippen LogP contribution in [0.15, 0.2) is 0 Å². The van der Waals surface area contributed by atoms with Crippen molar-refractivity contribution in [1.82, 2.24) is 4.90 Å². The summed E-state index contributed by atoms with van der Waals surface area (Å²) in [5.41, 5.74) is -0.746. The van der Waals surface area contributed by atoms with E-state index in [1.54, 1.807) is 0 Å². The number of nitriles is 1. The van der Waals surface area contributed by atoms with E-state index < -0.39 is 5.41 Å². The Labute approximate surface area is 103 Å². The van der Waals surface area contributed by atoms with Gasteiger partial charge in [0, 0.05) is 6.54 Å². The van der Waals surface area contributed by atoms with Crippen molar-refractivity contribution in [3.63, 3.8) is 0 Å². The minimum absolute atomic E-state index is 0.0375. The van der Waals surface area contributed by atoms with Gasteiger partial charge in [-0.2, -0.15) is 5.26 Å². The number of amides is 1. The number of carbonyl (C=O) groups is 1. The highest BCUT2D eigenvalue weighted by atomic mass is 16.5. The molecule has 1 amide bonds. The monoisotopic (exact) mass is 236 g/mol. The third-order valence-electron chi connectivity index (χ3n) is 3.96. The van der Waals surface area contributed by atoms with Crippen LogP contribution in [0.2, 0.25) is 0 Å². The largest absolute Gasteiger partial charge is 0.377 e. The quantitative estimate of drug-likeness (QED) is 0.696. The Morgan fingerprint density at radius 1 is 1.41 bits per heavy atom. The molecular weight excluding hydrogens is 216 g/mol. The van der Waals surface area contributed by atoms with Crippen LogP contribution in [0.5, 0.6) is 0 Å². The van der Waals surface area contributed by atoms with Gasteiger partial charge in [0.15, 0.2) is 0 Å². The van der Waals surface area contributed by atoms with Crippen LogP contribution in [0.3, 0.4) is 0 Å². The van der Waals surface area contributed by atoms with E-state index in [4.69, 9.17) is 4.74 Å². The molecule has 2 rings (SSSR count). The highest BCUT2D eigenvalue weighted by Gasteiger charge is 2.44. The first-order valence-electron chi connectivity index (χ1n) is 6.50. The van der Waals surface area contributed by atoms with Crippen molar-refractivity contribution in [1.29, 1.82) is 5.26 Å². The lowest BCUT2D eigenvalue weighted by Crippen LogP contribution is -2.53. The van der Waals surface area contributed by atoms with Crippen molar-refractivity contribution >= 4 is 5.91 Å². The zero-order chi connectivity index (χ0) is 12.3. The molecule has 4 heteroatoms. The van der Waals surface area contributed by atoms with E-state index in [1.807, 2.05) is 11.8 Å². The van der Waals surface area contributed by atoms with Gasteiger partial charge in [-0.3, -0.25) is 4.79 Å². The maximum atomic E-state index is 12.6. The van der Waals surface area contributed by atoms with Gasteiger partial charge in [-0.15, -0.1) is 0 Å². The molecule has 1 atom stereocenters. The summed E-state index contributed by atoms with van der Waals surface area (Å²) in [6.45, 7) is 3.80. The summed E-state index contributed by atoms with van der Waals surface area (Å²) in [6, 6.07) is 2.40. The van der Waals surface area contributed by atoms with Gasteiger partial charge in [-0.05, 0) is 19.8 Å². The molecule has 0 N–H and O–H groups in total. The summed E-state index contributed by atoms with van der Waals surface area (Å²) in [7, 11) is 0. The molecule has 1 aliphatic heterocycles. The zero-order valence-corrected chi connectivity index (χ0v) is 10.4. The number of carbonyl (C=O) groups excluding carboxylic acids is 1. The van der Waals surface area contributed by atoms with E-state index in [9.17, 15) is 10.1 Å². The predicted molar refractivity (Wildman–Crippen MR) is 63.1 cm³/mol. The smallest absolute Gasteiger partial charge is 0.243 e. The minimum Gasteiger partial charge on any atom is -0.377 e. The normalized spacial score (nSPS) is 28.5. The van der Waals surface area contributed by atoms with Crippen molar-refractivity contribution in [3.8, 4) is 6.07 Å². The van der Waals surface area contributed by atoms with E-state index in [2.05, 4.69) is 6.07 Å². The van der Waals surface area contributed by atoms with Crippen molar-refractivity contribution < 1.29 is 9.53 Å². The van der Waals surface area contributed by atoms with Gasteiger partial charge in [0.25, 0.3) is 0 Å². The number of nitrogens with zero attached hydrogens (tertiary/aromatic N) is 2. The SMILES string of the molecule is C[C@@H]1COCCN1C(=O)C1(C#N)CCCCC1. The number of hydrogen-bond donors (Lipinski definition) is 0. The molecule has 1 heterocycles. The molecule has 2 fully saturated rings. The zero-order valence-electron chi connectivity index (χ0n) is 10.4. The van der Waals surface area contributed by atoms with E-state index in [1.165, 1.54) is 0 Å². The second-order valence-corrected chi connectivity index (χ2v) is 5.18.